The molecule has 1 aliphatic carbocycles. The van der Waals surface area contributed by atoms with E-state index in [0.717, 1.165) is 60.3 Å². The first-order valence-corrected chi connectivity index (χ1v) is 11.2. The quantitative estimate of drug-likeness (QED) is 0.427. The molecule has 10 heteroatoms. The van der Waals surface area contributed by atoms with Crippen LogP contribution in [0.2, 0.25) is 8.67 Å². The van der Waals surface area contributed by atoms with Gasteiger partial charge in [-0.2, -0.15) is 10.2 Å². The molecule has 0 amide bonds. The Labute approximate surface area is 174 Å². The zero-order valence-corrected chi connectivity index (χ0v) is 17.9. The van der Waals surface area contributed by atoms with E-state index in [0.29, 0.717) is 12.0 Å². The molecule has 2 N–H and O–H groups in total. The molecule has 4 aromatic rings. The summed E-state index contributed by atoms with van der Waals surface area (Å²) in [5, 5.41) is 18.5. The highest BCUT2D eigenvalue weighted by molar-refractivity contribution is 7.22. The van der Waals surface area contributed by atoms with Crippen LogP contribution in [0.4, 0.5) is 11.6 Å². The van der Waals surface area contributed by atoms with Crippen molar-refractivity contribution in [2.24, 2.45) is 13.0 Å². The summed E-state index contributed by atoms with van der Waals surface area (Å²) >= 11 is 15.5. The summed E-state index contributed by atoms with van der Waals surface area (Å²) < 4.78 is 5.56. The number of fused-ring (bicyclic) bond motifs is 2. The van der Waals surface area contributed by atoms with E-state index in [1.165, 1.54) is 0 Å². The molecule has 27 heavy (non-hydrogen) atoms. The number of aryl methyl sites for hydroxylation is 1. The van der Waals surface area contributed by atoms with Gasteiger partial charge >= 0.3 is 0 Å². The van der Waals surface area contributed by atoms with Gasteiger partial charge in [0.15, 0.2) is 11.6 Å². The number of halogens is 2. The topological polar surface area (TPSA) is 59.7 Å². The minimum atomic E-state index is 0.402. The van der Waals surface area contributed by atoms with Crippen LogP contribution in [0.25, 0.3) is 20.4 Å². The van der Waals surface area contributed by atoms with Gasteiger partial charge in [-0.25, -0.2) is 0 Å². The van der Waals surface area contributed by atoms with E-state index >= 15 is 0 Å². The molecule has 2 atom stereocenters. The predicted molar refractivity (Wildman–Crippen MR) is 116 cm³/mol. The van der Waals surface area contributed by atoms with Crippen LogP contribution in [-0.4, -0.2) is 32.1 Å². The molecule has 142 valence electrons. The molecule has 5 rings (SSSR count). The molecule has 0 aromatic carbocycles. The summed E-state index contributed by atoms with van der Waals surface area (Å²) in [7, 11) is 1.95. The molecule has 0 spiro atoms. The fourth-order valence-electron chi connectivity index (χ4n) is 3.50. The van der Waals surface area contributed by atoms with Gasteiger partial charge in [-0.05, 0) is 25.5 Å². The lowest BCUT2D eigenvalue weighted by molar-refractivity contribution is 0.576. The summed E-state index contributed by atoms with van der Waals surface area (Å²) in [5.74, 6) is 2.36. The first-order chi connectivity index (χ1) is 13.0. The normalized spacial score (nSPS) is 19.3. The van der Waals surface area contributed by atoms with Gasteiger partial charge < -0.3 is 10.6 Å². The molecule has 0 saturated heterocycles. The Morgan fingerprint density at radius 1 is 1.11 bits per heavy atom. The molecule has 2 unspecified atom stereocenters. The maximum atomic E-state index is 6.23. The summed E-state index contributed by atoms with van der Waals surface area (Å²) in [5.41, 5.74) is 0. The van der Waals surface area contributed by atoms with Crippen molar-refractivity contribution in [3.63, 3.8) is 0 Å². The van der Waals surface area contributed by atoms with Crippen molar-refractivity contribution in [1.29, 1.82) is 0 Å². The van der Waals surface area contributed by atoms with Gasteiger partial charge in [-0.1, -0.05) is 23.2 Å². The molecule has 1 saturated carbocycles. The Hall–Kier alpha value is -1.48. The Bertz CT molecular complexity index is 1140. The SMILES string of the molecule is CCNc1nn(CC2CC2Nc2nn(C)c3sc(Cl)cc23)c2sc(Cl)cc12. The van der Waals surface area contributed by atoms with Crippen LogP contribution in [0.3, 0.4) is 0 Å². The molecule has 4 aromatic heterocycles. The van der Waals surface area contributed by atoms with E-state index in [2.05, 4.69) is 27.3 Å². The number of nitrogens with zero attached hydrogens (tertiary/aromatic N) is 4. The summed E-state index contributed by atoms with van der Waals surface area (Å²) in [4.78, 5) is 2.23. The molecule has 1 fully saturated rings. The molecule has 1 aliphatic rings. The fraction of sp³-hybridized carbons (Fsp3) is 0.412. The van der Waals surface area contributed by atoms with Crippen LogP contribution in [0, 0.1) is 5.92 Å². The number of hydrogen-bond donors (Lipinski definition) is 2. The molecule has 0 radical (unpaired) electrons. The van der Waals surface area contributed by atoms with E-state index < -0.39 is 0 Å². The van der Waals surface area contributed by atoms with E-state index in [1.54, 1.807) is 22.7 Å². The summed E-state index contributed by atoms with van der Waals surface area (Å²) in [6, 6.07) is 4.39. The van der Waals surface area contributed by atoms with Gasteiger partial charge in [0.1, 0.15) is 9.66 Å². The van der Waals surface area contributed by atoms with Crippen molar-refractivity contribution in [3.05, 3.63) is 20.8 Å². The van der Waals surface area contributed by atoms with Crippen LogP contribution < -0.4 is 10.6 Å². The van der Waals surface area contributed by atoms with Crippen LogP contribution in [0.15, 0.2) is 12.1 Å². The smallest absolute Gasteiger partial charge is 0.157 e. The van der Waals surface area contributed by atoms with Crippen molar-refractivity contribution in [1.82, 2.24) is 19.6 Å². The number of thiophene rings is 2. The van der Waals surface area contributed by atoms with Gasteiger partial charge in [-0.3, -0.25) is 9.36 Å². The van der Waals surface area contributed by atoms with Gasteiger partial charge in [0, 0.05) is 32.1 Å². The molecular weight excluding hydrogens is 423 g/mol. The number of aromatic nitrogens is 4. The molecule has 6 nitrogen and oxygen atoms in total. The van der Waals surface area contributed by atoms with E-state index in [9.17, 15) is 0 Å². The van der Waals surface area contributed by atoms with Crippen LogP contribution in [-0.2, 0) is 13.6 Å². The van der Waals surface area contributed by atoms with E-state index in [4.69, 9.17) is 28.3 Å². The standard InChI is InChI=1S/C17H18Cl2N6S2/c1-3-20-14-9-5-13(19)27-17(9)25(23-14)7-8-4-11(8)21-15-10-6-12(18)26-16(10)24(2)22-15/h5-6,8,11H,3-4,7H2,1-2H3,(H,20,23)(H,21,22). The summed E-state index contributed by atoms with van der Waals surface area (Å²) in [6.07, 6.45) is 1.10. The highest BCUT2D eigenvalue weighted by atomic mass is 35.5. The number of nitrogens with one attached hydrogen (secondary N) is 2. The number of anilines is 2. The van der Waals surface area contributed by atoms with Crippen LogP contribution >= 0.6 is 45.9 Å². The monoisotopic (exact) mass is 440 g/mol. The average Bonchev–Trinajstić information content (AvgIpc) is 2.90. The van der Waals surface area contributed by atoms with Gasteiger partial charge in [0.25, 0.3) is 0 Å². The van der Waals surface area contributed by atoms with Crippen LogP contribution in [0.5, 0.6) is 0 Å². The van der Waals surface area contributed by atoms with Gasteiger partial charge in [0.2, 0.25) is 0 Å². The third kappa shape index (κ3) is 3.08. The highest BCUT2D eigenvalue weighted by Gasteiger charge is 2.39. The lowest BCUT2D eigenvalue weighted by atomic mass is 10.3. The minimum Gasteiger partial charge on any atom is -0.368 e. The summed E-state index contributed by atoms with van der Waals surface area (Å²) in [6.45, 7) is 3.78. The third-order valence-electron chi connectivity index (χ3n) is 4.87. The van der Waals surface area contributed by atoms with Crippen molar-refractivity contribution in [2.75, 3.05) is 17.2 Å². The number of rotatable bonds is 6. The highest BCUT2D eigenvalue weighted by Crippen LogP contribution is 2.41. The second-order valence-electron chi connectivity index (χ2n) is 6.82. The molecule has 0 aliphatic heterocycles. The second-order valence-corrected chi connectivity index (χ2v) is 10.1. The Morgan fingerprint density at radius 2 is 1.81 bits per heavy atom. The zero-order valence-electron chi connectivity index (χ0n) is 14.8. The van der Waals surface area contributed by atoms with E-state index in [1.807, 2.05) is 23.9 Å². The Morgan fingerprint density at radius 3 is 2.56 bits per heavy atom. The Balaban J connectivity index is 1.34. The zero-order chi connectivity index (χ0) is 18.7. The average molecular weight is 441 g/mol. The van der Waals surface area contributed by atoms with E-state index in [-0.39, 0.29) is 0 Å². The molecule has 0 bridgehead atoms. The first-order valence-electron chi connectivity index (χ1n) is 8.81. The van der Waals surface area contributed by atoms with Crippen LogP contribution in [0.1, 0.15) is 13.3 Å². The van der Waals surface area contributed by atoms with Crippen molar-refractivity contribution in [3.8, 4) is 0 Å². The first kappa shape index (κ1) is 17.6. The third-order valence-corrected chi connectivity index (χ3v) is 7.48. The molecule has 4 heterocycles. The molecular formula is C17H18Cl2N6S2. The Kier molecular flexibility index (Phi) is 4.27. The van der Waals surface area contributed by atoms with Crippen molar-refractivity contribution >= 4 is 77.9 Å². The van der Waals surface area contributed by atoms with Gasteiger partial charge in [0.05, 0.1) is 19.4 Å². The lowest BCUT2D eigenvalue weighted by Gasteiger charge is -2.04. The van der Waals surface area contributed by atoms with Gasteiger partial charge in [-0.15, -0.1) is 22.7 Å². The minimum absolute atomic E-state index is 0.402. The maximum absolute atomic E-state index is 6.23. The largest absolute Gasteiger partial charge is 0.368 e. The second kappa shape index (κ2) is 6.55. The fourth-order valence-corrected chi connectivity index (χ4v) is 5.80. The number of hydrogen-bond acceptors (Lipinski definition) is 6. The van der Waals surface area contributed by atoms with Crippen molar-refractivity contribution in [2.45, 2.75) is 25.9 Å². The maximum Gasteiger partial charge on any atom is 0.157 e. The predicted octanol–water partition coefficient (Wildman–Crippen LogP) is 5.29. The van der Waals surface area contributed by atoms with Crippen molar-refractivity contribution < 1.29 is 0 Å². The lowest BCUT2D eigenvalue weighted by Crippen LogP contribution is -2.10.